The highest BCUT2D eigenvalue weighted by Gasteiger charge is 2.35. The van der Waals surface area contributed by atoms with Crippen LogP contribution in [-0.4, -0.2) is 52.4 Å². The number of carboxylic acid groups (broad SMARTS) is 1. The molecule has 1 aliphatic heterocycles. The highest BCUT2D eigenvalue weighted by atomic mass is 16.4. The van der Waals surface area contributed by atoms with Gasteiger partial charge in [0.15, 0.2) is 0 Å². The van der Waals surface area contributed by atoms with Gasteiger partial charge in [0.1, 0.15) is 0 Å². The summed E-state index contributed by atoms with van der Waals surface area (Å²) < 4.78 is 0. The van der Waals surface area contributed by atoms with Gasteiger partial charge in [-0.05, 0) is 18.7 Å². The van der Waals surface area contributed by atoms with E-state index in [9.17, 15) is 14.4 Å². The standard InChI is InChI=1S/C13H14N2O4/c1-2-14(7-11(16)17)8-15-12(18)9-5-3-4-6-10(9)13(15)19/h3-6H,2,7-8H2,1H3,(H,16,17). The van der Waals surface area contributed by atoms with E-state index in [1.165, 1.54) is 4.90 Å². The van der Waals surface area contributed by atoms with Gasteiger partial charge < -0.3 is 5.11 Å². The molecule has 0 unspecified atom stereocenters. The molecule has 0 radical (unpaired) electrons. The van der Waals surface area contributed by atoms with Crippen LogP contribution in [0, 0.1) is 0 Å². The molecule has 0 fully saturated rings. The van der Waals surface area contributed by atoms with Crippen molar-refractivity contribution in [1.29, 1.82) is 0 Å². The fourth-order valence-electron chi connectivity index (χ4n) is 2.02. The van der Waals surface area contributed by atoms with Crippen LogP contribution in [0.15, 0.2) is 24.3 Å². The third-order valence-electron chi connectivity index (χ3n) is 3.03. The van der Waals surface area contributed by atoms with Crippen molar-refractivity contribution in [2.24, 2.45) is 0 Å². The molecule has 2 rings (SSSR count). The maximum Gasteiger partial charge on any atom is 0.317 e. The largest absolute Gasteiger partial charge is 0.480 e. The number of amides is 2. The maximum absolute atomic E-state index is 12.1. The van der Waals surface area contributed by atoms with Gasteiger partial charge in [-0.3, -0.25) is 24.2 Å². The second-order valence-electron chi connectivity index (χ2n) is 4.26. The number of nitrogens with zero attached hydrogens (tertiary/aromatic N) is 2. The van der Waals surface area contributed by atoms with Crippen molar-refractivity contribution in [3.8, 4) is 0 Å². The van der Waals surface area contributed by atoms with E-state index < -0.39 is 5.97 Å². The molecule has 1 aromatic carbocycles. The molecule has 0 spiro atoms. The molecule has 1 heterocycles. The summed E-state index contributed by atoms with van der Waals surface area (Å²) in [4.78, 5) is 37.4. The van der Waals surface area contributed by atoms with Gasteiger partial charge >= 0.3 is 5.97 Å². The molecule has 1 N–H and O–H groups in total. The minimum Gasteiger partial charge on any atom is -0.480 e. The van der Waals surface area contributed by atoms with Gasteiger partial charge in [-0.2, -0.15) is 0 Å². The van der Waals surface area contributed by atoms with Crippen LogP contribution in [0.4, 0.5) is 0 Å². The Labute approximate surface area is 110 Å². The molecule has 1 aliphatic rings. The first kappa shape index (κ1) is 13.2. The topological polar surface area (TPSA) is 77.9 Å². The van der Waals surface area contributed by atoms with E-state index in [2.05, 4.69) is 0 Å². The average molecular weight is 262 g/mol. The van der Waals surface area contributed by atoms with E-state index in [1.807, 2.05) is 0 Å². The molecular formula is C13H14N2O4. The van der Waals surface area contributed by atoms with Gasteiger partial charge in [0.25, 0.3) is 11.8 Å². The Balaban J connectivity index is 2.17. The fourth-order valence-corrected chi connectivity index (χ4v) is 2.02. The van der Waals surface area contributed by atoms with Crippen LogP contribution in [0.3, 0.4) is 0 Å². The first-order chi connectivity index (χ1) is 9.04. The molecule has 1 aromatic rings. The molecule has 0 bridgehead atoms. The minimum absolute atomic E-state index is 0.00481. The first-order valence-electron chi connectivity index (χ1n) is 5.94. The van der Waals surface area contributed by atoms with Crippen LogP contribution in [0.5, 0.6) is 0 Å². The maximum atomic E-state index is 12.1. The van der Waals surface area contributed by atoms with Gasteiger partial charge in [-0.15, -0.1) is 0 Å². The lowest BCUT2D eigenvalue weighted by Gasteiger charge is -2.23. The average Bonchev–Trinajstić information content (AvgIpc) is 2.63. The second kappa shape index (κ2) is 5.19. The minimum atomic E-state index is -0.988. The van der Waals surface area contributed by atoms with Crippen molar-refractivity contribution < 1.29 is 19.5 Å². The number of fused-ring (bicyclic) bond motifs is 1. The third kappa shape index (κ3) is 2.48. The Bertz CT molecular complexity index is 506. The SMILES string of the molecule is CCN(CC(=O)O)CN1C(=O)c2ccccc2C1=O. The normalized spacial score (nSPS) is 14.1. The van der Waals surface area contributed by atoms with E-state index in [0.717, 1.165) is 4.90 Å². The number of rotatable bonds is 5. The molecule has 0 saturated carbocycles. The van der Waals surface area contributed by atoms with Gasteiger partial charge in [-0.1, -0.05) is 19.1 Å². The molecule has 0 aliphatic carbocycles. The smallest absolute Gasteiger partial charge is 0.317 e. The highest BCUT2D eigenvalue weighted by Crippen LogP contribution is 2.22. The summed E-state index contributed by atoms with van der Waals surface area (Å²) in [6.07, 6.45) is 0. The fraction of sp³-hybridized carbons (Fsp3) is 0.308. The summed E-state index contributed by atoms with van der Waals surface area (Å²) in [5, 5.41) is 8.76. The van der Waals surface area contributed by atoms with Gasteiger partial charge in [0.05, 0.1) is 24.3 Å². The van der Waals surface area contributed by atoms with Crippen molar-refractivity contribution in [2.75, 3.05) is 19.8 Å². The predicted octanol–water partition coefficient (Wildman–Crippen LogP) is 0.647. The lowest BCUT2D eigenvalue weighted by atomic mass is 10.1. The van der Waals surface area contributed by atoms with Gasteiger partial charge in [-0.25, -0.2) is 0 Å². The number of aliphatic carboxylic acids is 1. The molecule has 0 aromatic heterocycles. The van der Waals surface area contributed by atoms with E-state index in [0.29, 0.717) is 17.7 Å². The van der Waals surface area contributed by atoms with E-state index in [4.69, 9.17) is 5.11 Å². The van der Waals surface area contributed by atoms with Crippen LogP contribution >= 0.6 is 0 Å². The quantitative estimate of drug-likeness (QED) is 0.788. The monoisotopic (exact) mass is 262 g/mol. The van der Waals surface area contributed by atoms with E-state index >= 15 is 0 Å². The summed E-state index contributed by atoms with van der Waals surface area (Å²) in [5.41, 5.74) is 0.748. The number of carbonyl (C=O) groups excluding carboxylic acids is 2. The third-order valence-corrected chi connectivity index (χ3v) is 3.03. The Morgan fingerprint density at radius 2 is 1.74 bits per heavy atom. The summed E-state index contributed by atoms with van der Waals surface area (Å²) in [5.74, 6) is -1.73. The number of benzene rings is 1. The van der Waals surface area contributed by atoms with Crippen molar-refractivity contribution in [3.63, 3.8) is 0 Å². The number of carboxylic acids is 1. The van der Waals surface area contributed by atoms with Gasteiger partial charge in [0, 0.05) is 0 Å². The Morgan fingerprint density at radius 3 is 2.16 bits per heavy atom. The van der Waals surface area contributed by atoms with Crippen molar-refractivity contribution in [2.45, 2.75) is 6.92 Å². The van der Waals surface area contributed by atoms with Crippen LogP contribution in [0.25, 0.3) is 0 Å². The lowest BCUT2D eigenvalue weighted by molar-refractivity contribution is -0.138. The number of hydrogen-bond donors (Lipinski definition) is 1. The molecule has 6 heteroatoms. The number of carbonyl (C=O) groups is 3. The number of likely N-dealkylation sites (N-methyl/N-ethyl adjacent to an activating group) is 1. The molecule has 2 amide bonds. The predicted molar refractivity (Wildman–Crippen MR) is 66.7 cm³/mol. The summed E-state index contributed by atoms with van der Waals surface area (Å²) in [6, 6.07) is 6.59. The lowest BCUT2D eigenvalue weighted by Crippen LogP contribution is -2.43. The Kier molecular flexibility index (Phi) is 3.62. The van der Waals surface area contributed by atoms with Crippen molar-refractivity contribution in [3.05, 3.63) is 35.4 Å². The summed E-state index contributed by atoms with van der Waals surface area (Å²) >= 11 is 0. The Morgan fingerprint density at radius 1 is 1.21 bits per heavy atom. The molecular weight excluding hydrogens is 248 g/mol. The van der Waals surface area contributed by atoms with Gasteiger partial charge in [0.2, 0.25) is 0 Å². The zero-order chi connectivity index (χ0) is 14.0. The summed E-state index contributed by atoms with van der Waals surface area (Å²) in [7, 11) is 0. The highest BCUT2D eigenvalue weighted by molar-refractivity contribution is 6.21. The second-order valence-corrected chi connectivity index (χ2v) is 4.26. The number of imide groups is 1. The van der Waals surface area contributed by atoms with E-state index in [-0.39, 0.29) is 25.0 Å². The van der Waals surface area contributed by atoms with E-state index in [1.54, 1.807) is 31.2 Å². The zero-order valence-corrected chi connectivity index (χ0v) is 10.5. The molecule has 0 saturated heterocycles. The molecule has 0 atom stereocenters. The molecule has 6 nitrogen and oxygen atoms in total. The van der Waals surface area contributed by atoms with Crippen molar-refractivity contribution in [1.82, 2.24) is 9.80 Å². The molecule has 100 valence electrons. The first-order valence-corrected chi connectivity index (χ1v) is 5.94. The van der Waals surface area contributed by atoms with Crippen molar-refractivity contribution >= 4 is 17.8 Å². The van der Waals surface area contributed by atoms with Crippen LogP contribution < -0.4 is 0 Å². The Hall–Kier alpha value is -2.21. The van der Waals surface area contributed by atoms with Crippen LogP contribution in [0.2, 0.25) is 0 Å². The van der Waals surface area contributed by atoms with Crippen LogP contribution in [0.1, 0.15) is 27.6 Å². The van der Waals surface area contributed by atoms with Crippen LogP contribution in [-0.2, 0) is 4.79 Å². The summed E-state index contributed by atoms with van der Waals surface area (Å²) in [6.45, 7) is 2.01. The number of hydrogen-bond acceptors (Lipinski definition) is 4. The molecule has 19 heavy (non-hydrogen) atoms. The zero-order valence-electron chi connectivity index (χ0n) is 10.5.